The van der Waals surface area contributed by atoms with Crippen LogP contribution in [0, 0.1) is 13.8 Å². The van der Waals surface area contributed by atoms with Crippen LogP contribution >= 0.6 is 11.3 Å². The number of fused-ring (bicyclic) bond motifs is 9. The Hall–Kier alpha value is -7.20. The highest BCUT2D eigenvalue weighted by Crippen LogP contribution is 2.50. The zero-order chi connectivity index (χ0) is 41.7. The standard InChI is InChI=1S/C59H44N2S/c1-37-13-22-43(23-14-37)60(45-26-18-40(19-27-45)42-20-30-48-47-29-15-38(2)33-53(47)59(3,4)54(48)35-42)44-24-16-39(17-25-44)41-21-31-56-51(34-41)49-9-5-7-11-55(49)61(56)46-28-32-58-52(36-46)50-10-6-8-12-57(50)62-58/h5-36H,1-4H3. The monoisotopic (exact) mass is 812 g/mol. The predicted octanol–water partition coefficient (Wildman–Crippen LogP) is 16.9. The molecule has 3 heteroatoms. The summed E-state index contributed by atoms with van der Waals surface area (Å²) in [5.74, 6) is 0. The third-order valence-electron chi connectivity index (χ3n) is 13.3. The Bertz CT molecular complexity index is 3550. The van der Waals surface area contributed by atoms with Crippen molar-refractivity contribution in [2.45, 2.75) is 33.1 Å². The van der Waals surface area contributed by atoms with Gasteiger partial charge in [-0.25, -0.2) is 0 Å². The van der Waals surface area contributed by atoms with E-state index in [0.717, 1.165) is 17.1 Å². The quantitative estimate of drug-likeness (QED) is 0.162. The van der Waals surface area contributed by atoms with Gasteiger partial charge < -0.3 is 9.47 Å². The molecule has 0 aliphatic heterocycles. The maximum absolute atomic E-state index is 2.43. The zero-order valence-corrected chi connectivity index (χ0v) is 36.1. The maximum Gasteiger partial charge on any atom is 0.0541 e. The summed E-state index contributed by atoms with van der Waals surface area (Å²) in [6.45, 7) is 9.06. The number of rotatable bonds is 6. The smallest absolute Gasteiger partial charge is 0.0541 e. The molecule has 2 heterocycles. The molecule has 0 fully saturated rings. The minimum atomic E-state index is -0.0404. The van der Waals surface area contributed by atoms with Crippen molar-refractivity contribution in [3.05, 3.63) is 216 Å². The van der Waals surface area contributed by atoms with Crippen LogP contribution in [0.2, 0.25) is 0 Å². The van der Waals surface area contributed by atoms with E-state index in [2.05, 4.69) is 231 Å². The second kappa shape index (κ2) is 13.9. The second-order valence-electron chi connectivity index (χ2n) is 17.6. The lowest BCUT2D eigenvalue weighted by Gasteiger charge is -2.26. The van der Waals surface area contributed by atoms with Crippen LogP contribution in [0.25, 0.3) is 81.0 Å². The normalized spacial score (nSPS) is 13.0. The van der Waals surface area contributed by atoms with Crippen LogP contribution in [0.5, 0.6) is 0 Å². The van der Waals surface area contributed by atoms with E-state index in [1.807, 2.05) is 11.3 Å². The number of aryl methyl sites for hydroxylation is 2. The molecule has 0 radical (unpaired) electrons. The summed E-state index contributed by atoms with van der Waals surface area (Å²) in [7, 11) is 0. The van der Waals surface area contributed by atoms with Gasteiger partial charge in [0.15, 0.2) is 0 Å². The number of nitrogens with zero attached hydrogens (tertiary/aromatic N) is 2. The average Bonchev–Trinajstić information content (AvgIpc) is 3.92. The van der Waals surface area contributed by atoms with Gasteiger partial charge in [-0.15, -0.1) is 11.3 Å². The second-order valence-corrected chi connectivity index (χ2v) is 18.6. The van der Waals surface area contributed by atoms with E-state index in [4.69, 9.17) is 0 Å². The third-order valence-corrected chi connectivity index (χ3v) is 14.5. The van der Waals surface area contributed by atoms with Crippen molar-refractivity contribution in [2.24, 2.45) is 0 Å². The lowest BCUT2D eigenvalue weighted by Crippen LogP contribution is -2.15. The lowest BCUT2D eigenvalue weighted by molar-refractivity contribution is 0.660. The molecule has 12 rings (SSSR count). The molecular formula is C59H44N2S. The van der Waals surface area contributed by atoms with E-state index in [1.54, 1.807) is 0 Å². The number of anilines is 3. The highest BCUT2D eigenvalue weighted by Gasteiger charge is 2.35. The Morgan fingerprint density at radius 3 is 1.66 bits per heavy atom. The molecule has 296 valence electrons. The molecule has 0 N–H and O–H groups in total. The predicted molar refractivity (Wildman–Crippen MR) is 266 cm³/mol. The molecule has 0 atom stereocenters. The van der Waals surface area contributed by atoms with Crippen LogP contribution in [0.15, 0.2) is 194 Å². The van der Waals surface area contributed by atoms with E-state index in [1.165, 1.54) is 103 Å². The van der Waals surface area contributed by atoms with E-state index in [-0.39, 0.29) is 5.41 Å². The van der Waals surface area contributed by atoms with Gasteiger partial charge >= 0.3 is 0 Å². The molecule has 2 nitrogen and oxygen atoms in total. The molecule has 1 aliphatic rings. The fourth-order valence-electron chi connectivity index (χ4n) is 10.1. The molecule has 2 aromatic heterocycles. The van der Waals surface area contributed by atoms with Crippen molar-refractivity contribution in [3.63, 3.8) is 0 Å². The number of hydrogen-bond donors (Lipinski definition) is 0. The van der Waals surface area contributed by atoms with Crippen molar-refractivity contribution < 1.29 is 0 Å². The Labute approximate surface area is 366 Å². The zero-order valence-electron chi connectivity index (χ0n) is 35.3. The van der Waals surface area contributed by atoms with Crippen LogP contribution < -0.4 is 4.90 Å². The molecule has 0 bridgehead atoms. The average molecular weight is 813 g/mol. The topological polar surface area (TPSA) is 8.17 Å². The summed E-state index contributed by atoms with van der Waals surface area (Å²) in [4.78, 5) is 2.36. The molecular weight excluding hydrogens is 769 g/mol. The van der Waals surface area contributed by atoms with E-state index in [9.17, 15) is 0 Å². The lowest BCUT2D eigenvalue weighted by atomic mass is 9.81. The van der Waals surface area contributed by atoms with Crippen LogP contribution in [0.3, 0.4) is 0 Å². The van der Waals surface area contributed by atoms with Gasteiger partial charge in [-0.1, -0.05) is 134 Å². The van der Waals surface area contributed by atoms with Crippen molar-refractivity contribution >= 4 is 70.4 Å². The largest absolute Gasteiger partial charge is 0.311 e. The Morgan fingerprint density at radius 2 is 0.935 bits per heavy atom. The van der Waals surface area contributed by atoms with Gasteiger partial charge in [0.2, 0.25) is 0 Å². The molecule has 11 aromatic rings. The van der Waals surface area contributed by atoms with Gasteiger partial charge in [0, 0.05) is 59.1 Å². The Morgan fingerprint density at radius 1 is 0.403 bits per heavy atom. The van der Waals surface area contributed by atoms with Crippen LogP contribution in [0.4, 0.5) is 17.1 Å². The molecule has 0 unspecified atom stereocenters. The SMILES string of the molecule is Cc1ccc(N(c2ccc(-c3ccc4c(c3)C(C)(C)c3cc(C)ccc3-4)cc2)c2ccc(-c3ccc4c(c3)c3ccccc3n4-c3ccc4sc5ccccc5c4c3)cc2)cc1. The van der Waals surface area contributed by atoms with Crippen LogP contribution in [-0.2, 0) is 5.41 Å². The van der Waals surface area contributed by atoms with Crippen molar-refractivity contribution in [3.8, 4) is 39.1 Å². The number of hydrogen-bond acceptors (Lipinski definition) is 2. The first-order chi connectivity index (χ1) is 30.3. The summed E-state index contributed by atoms with van der Waals surface area (Å²) < 4.78 is 5.08. The van der Waals surface area contributed by atoms with Gasteiger partial charge in [-0.05, 0) is 143 Å². The van der Waals surface area contributed by atoms with Crippen molar-refractivity contribution in [1.29, 1.82) is 0 Å². The fourth-order valence-corrected chi connectivity index (χ4v) is 11.1. The number of para-hydroxylation sites is 1. The molecule has 9 aromatic carbocycles. The number of benzene rings is 9. The Balaban J connectivity index is 0.890. The molecule has 62 heavy (non-hydrogen) atoms. The first kappa shape index (κ1) is 36.6. The summed E-state index contributed by atoms with van der Waals surface area (Å²) in [5.41, 5.74) is 19.9. The number of aromatic nitrogens is 1. The van der Waals surface area contributed by atoms with Gasteiger partial charge in [0.05, 0.1) is 11.0 Å². The van der Waals surface area contributed by atoms with Crippen molar-refractivity contribution in [2.75, 3.05) is 4.90 Å². The minimum Gasteiger partial charge on any atom is -0.311 e. The maximum atomic E-state index is 2.43. The first-order valence-electron chi connectivity index (χ1n) is 21.6. The van der Waals surface area contributed by atoms with Gasteiger partial charge in [0.1, 0.15) is 0 Å². The summed E-state index contributed by atoms with van der Waals surface area (Å²) in [5, 5.41) is 5.14. The molecule has 0 saturated carbocycles. The van der Waals surface area contributed by atoms with E-state index >= 15 is 0 Å². The van der Waals surface area contributed by atoms with E-state index < -0.39 is 0 Å². The molecule has 0 amide bonds. The molecule has 1 aliphatic carbocycles. The highest BCUT2D eigenvalue weighted by molar-refractivity contribution is 7.25. The third kappa shape index (κ3) is 5.76. The van der Waals surface area contributed by atoms with Gasteiger partial charge in [-0.2, -0.15) is 0 Å². The Kier molecular flexibility index (Phi) is 8.23. The van der Waals surface area contributed by atoms with Gasteiger partial charge in [0.25, 0.3) is 0 Å². The minimum absolute atomic E-state index is 0.0404. The summed E-state index contributed by atoms with van der Waals surface area (Å²) >= 11 is 1.86. The molecule has 0 spiro atoms. The highest BCUT2D eigenvalue weighted by atomic mass is 32.1. The fraction of sp³-hybridized carbons (Fsp3) is 0.0847. The van der Waals surface area contributed by atoms with Crippen molar-refractivity contribution in [1.82, 2.24) is 4.57 Å². The van der Waals surface area contributed by atoms with Crippen LogP contribution in [0.1, 0.15) is 36.1 Å². The van der Waals surface area contributed by atoms with Crippen LogP contribution in [-0.4, -0.2) is 4.57 Å². The summed E-state index contributed by atoms with van der Waals surface area (Å²) in [6, 6.07) is 72.3. The number of thiophene rings is 1. The van der Waals surface area contributed by atoms with E-state index in [0.29, 0.717) is 0 Å². The van der Waals surface area contributed by atoms with Gasteiger partial charge in [-0.3, -0.25) is 0 Å². The molecule has 0 saturated heterocycles. The first-order valence-corrected chi connectivity index (χ1v) is 22.4. The summed E-state index contributed by atoms with van der Waals surface area (Å²) in [6.07, 6.45) is 0.